The minimum atomic E-state index is 0.143. The number of benzene rings is 1. The summed E-state index contributed by atoms with van der Waals surface area (Å²) in [7, 11) is 1.86. The number of hydrogen-bond donors (Lipinski definition) is 2. The van der Waals surface area contributed by atoms with E-state index >= 15 is 0 Å². The van der Waals surface area contributed by atoms with Gasteiger partial charge in [0.1, 0.15) is 5.75 Å². The molecule has 0 aliphatic heterocycles. The van der Waals surface area contributed by atoms with Crippen molar-refractivity contribution in [3.63, 3.8) is 0 Å². The molecule has 0 heterocycles. The molecule has 1 aromatic carbocycles. The van der Waals surface area contributed by atoms with E-state index in [4.69, 9.17) is 0 Å². The molecule has 0 aliphatic rings. The summed E-state index contributed by atoms with van der Waals surface area (Å²) in [6.07, 6.45) is 0. The predicted octanol–water partition coefficient (Wildman–Crippen LogP) is 3.20. The van der Waals surface area contributed by atoms with E-state index in [2.05, 4.69) is 37.2 Å². The fourth-order valence-electron chi connectivity index (χ4n) is 1.05. The van der Waals surface area contributed by atoms with E-state index in [0.717, 1.165) is 14.5 Å². The van der Waals surface area contributed by atoms with Gasteiger partial charge in [-0.25, -0.2) is 0 Å². The number of nitrogens with one attached hydrogen (secondary N) is 1. The maximum atomic E-state index is 9.63. The Labute approximate surface area is 94.6 Å². The van der Waals surface area contributed by atoms with Crippen LogP contribution in [0.15, 0.2) is 21.1 Å². The van der Waals surface area contributed by atoms with E-state index in [0.29, 0.717) is 5.75 Å². The zero-order chi connectivity index (χ0) is 10.0. The third-order valence-electron chi connectivity index (χ3n) is 1.97. The Hall–Kier alpha value is -0.0600. The standard InChI is InChI=1S/C9H11Br2NO/c1-5(12-2)6-3-7(10)8(11)4-9(6)13/h3-5,12-13H,1-2H3/t5-/m0/s1. The molecule has 72 valence electrons. The highest BCUT2D eigenvalue weighted by Crippen LogP contribution is 2.33. The van der Waals surface area contributed by atoms with E-state index in [1.165, 1.54) is 0 Å². The van der Waals surface area contributed by atoms with Crippen LogP contribution >= 0.6 is 31.9 Å². The van der Waals surface area contributed by atoms with Gasteiger partial charge < -0.3 is 10.4 Å². The lowest BCUT2D eigenvalue weighted by Gasteiger charge is -2.13. The lowest BCUT2D eigenvalue weighted by atomic mass is 10.1. The van der Waals surface area contributed by atoms with Crippen molar-refractivity contribution >= 4 is 31.9 Å². The second-order valence-electron chi connectivity index (χ2n) is 2.84. The number of phenolic OH excluding ortho intramolecular Hbond substituents is 1. The molecule has 2 N–H and O–H groups in total. The average Bonchev–Trinajstić information content (AvgIpc) is 2.10. The molecular weight excluding hydrogens is 298 g/mol. The number of hydrogen-bond acceptors (Lipinski definition) is 2. The summed E-state index contributed by atoms with van der Waals surface area (Å²) in [6, 6.07) is 3.73. The van der Waals surface area contributed by atoms with Gasteiger partial charge >= 0.3 is 0 Å². The maximum absolute atomic E-state index is 9.63. The third-order valence-corrected chi connectivity index (χ3v) is 3.81. The minimum Gasteiger partial charge on any atom is -0.508 e. The fraction of sp³-hybridized carbons (Fsp3) is 0.333. The second kappa shape index (κ2) is 4.44. The first-order chi connectivity index (χ1) is 6.06. The van der Waals surface area contributed by atoms with Crippen LogP contribution in [0.3, 0.4) is 0 Å². The first kappa shape index (κ1) is 11.0. The van der Waals surface area contributed by atoms with Crippen LogP contribution in [-0.2, 0) is 0 Å². The smallest absolute Gasteiger partial charge is 0.121 e. The van der Waals surface area contributed by atoms with Gasteiger partial charge in [-0.3, -0.25) is 0 Å². The highest BCUT2D eigenvalue weighted by molar-refractivity contribution is 9.13. The Morgan fingerprint density at radius 1 is 1.31 bits per heavy atom. The number of aromatic hydroxyl groups is 1. The molecule has 0 fully saturated rings. The van der Waals surface area contributed by atoms with Crippen LogP contribution in [0.2, 0.25) is 0 Å². The van der Waals surface area contributed by atoms with E-state index in [1.54, 1.807) is 6.07 Å². The summed E-state index contributed by atoms with van der Waals surface area (Å²) in [5.74, 6) is 0.303. The monoisotopic (exact) mass is 307 g/mol. The van der Waals surface area contributed by atoms with Crippen molar-refractivity contribution in [1.29, 1.82) is 0 Å². The molecule has 0 bridgehead atoms. The first-order valence-corrected chi connectivity index (χ1v) is 5.50. The average molecular weight is 309 g/mol. The summed E-state index contributed by atoms with van der Waals surface area (Å²) in [5.41, 5.74) is 0.887. The normalized spacial score (nSPS) is 12.9. The Kier molecular flexibility index (Phi) is 3.76. The Morgan fingerprint density at radius 2 is 1.85 bits per heavy atom. The summed E-state index contributed by atoms with van der Waals surface area (Å²) in [5, 5.41) is 12.7. The third kappa shape index (κ3) is 2.45. The van der Waals surface area contributed by atoms with Crippen molar-refractivity contribution in [2.45, 2.75) is 13.0 Å². The molecular formula is C9H11Br2NO. The molecule has 0 aliphatic carbocycles. The molecule has 0 aromatic heterocycles. The molecule has 0 spiro atoms. The number of rotatable bonds is 2. The van der Waals surface area contributed by atoms with Crippen molar-refractivity contribution in [2.24, 2.45) is 0 Å². The molecule has 1 atom stereocenters. The molecule has 0 saturated heterocycles. The Bertz CT molecular complexity index is 315. The van der Waals surface area contributed by atoms with Crippen molar-refractivity contribution in [2.75, 3.05) is 7.05 Å². The van der Waals surface area contributed by atoms with Crippen molar-refractivity contribution in [3.8, 4) is 5.75 Å². The minimum absolute atomic E-state index is 0.143. The van der Waals surface area contributed by atoms with Crippen LogP contribution in [0.25, 0.3) is 0 Å². The molecule has 0 radical (unpaired) electrons. The van der Waals surface area contributed by atoms with Crippen LogP contribution in [0.4, 0.5) is 0 Å². The van der Waals surface area contributed by atoms with E-state index in [-0.39, 0.29) is 6.04 Å². The summed E-state index contributed by atoms with van der Waals surface area (Å²) in [4.78, 5) is 0. The largest absolute Gasteiger partial charge is 0.508 e. The van der Waals surface area contributed by atoms with Crippen LogP contribution < -0.4 is 5.32 Å². The zero-order valence-corrected chi connectivity index (χ0v) is 10.6. The molecule has 4 heteroatoms. The SMILES string of the molecule is CN[C@@H](C)c1cc(Br)c(Br)cc1O. The van der Waals surface area contributed by atoms with Crippen LogP contribution in [-0.4, -0.2) is 12.2 Å². The molecule has 0 unspecified atom stereocenters. The van der Waals surface area contributed by atoms with Crippen molar-refractivity contribution in [3.05, 3.63) is 26.6 Å². The summed E-state index contributed by atoms with van der Waals surface area (Å²) in [6.45, 7) is 2.00. The highest BCUT2D eigenvalue weighted by atomic mass is 79.9. The van der Waals surface area contributed by atoms with Gasteiger partial charge in [-0.2, -0.15) is 0 Å². The fourth-order valence-corrected chi connectivity index (χ4v) is 1.75. The molecule has 0 saturated carbocycles. The zero-order valence-electron chi connectivity index (χ0n) is 7.44. The van der Waals surface area contributed by atoms with Gasteiger partial charge in [-0.15, -0.1) is 0 Å². The van der Waals surface area contributed by atoms with Gasteiger partial charge in [0, 0.05) is 20.6 Å². The summed E-state index contributed by atoms with van der Waals surface area (Å²) >= 11 is 6.72. The molecule has 1 rings (SSSR count). The molecule has 2 nitrogen and oxygen atoms in total. The quantitative estimate of drug-likeness (QED) is 0.879. The van der Waals surface area contributed by atoms with Gasteiger partial charge in [0.05, 0.1) is 0 Å². The van der Waals surface area contributed by atoms with E-state index in [1.807, 2.05) is 20.0 Å². The summed E-state index contributed by atoms with van der Waals surface area (Å²) < 4.78 is 1.81. The van der Waals surface area contributed by atoms with Crippen LogP contribution in [0.1, 0.15) is 18.5 Å². The lowest BCUT2D eigenvalue weighted by Crippen LogP contribution is -2.12. The van der Waals surface area contributed by atoms with Gasteiger partial charge in [-0.05, 0) is 58.0 Å². The van der Waals surface area contributed by atoms with E-state index in [9.17, 15) is 5.11 Å². The number of phenols is 1. The first-order valence-electron chi connectivity index (χ1n) is 3.91. The van der Waals surface area contributed by atoms with Gasteiger partial charge in [0.2, 0.25) is 0 Å². The Balaban J connectivity index is 3.15. The van der Waals surface area contributed by atoms with Gasteiger partial charge in [0.15, 0.2) is 0 Å². The van der Waals surface area contributed by atoms with E-state index < -0.39 is 0 Å². The topological polar surface area (TPSA) is 32.3 Å². The molecule has 0 amide bonds. The van der Waals surface area contributed by atoms with Crippen molar-refractivity contribution in [1.82, 2.24) is 5.32 Å². The molecule has 13 heavy (non-hydrogen) atoms. The maximum Gasteiger partial charge on any atom is 0.121 e. The lowest BCUT2D eigenvalue weighted by molar-refractivity contribution is 0.457. The number of halogens is 2. The Morgan fingerprint density at radius 3 is 2.38 bits per heavy atom. The highest BCUT2D eigenvalue weighted by Gasteiger charge is 2.10. The van der Waals surface area contributed by atoms with Crippen LogP contribution in [0.5, 0.6) is 5.75 Å². The van der Waals surface area contributed by atoms with Gasteiger partial charge in [0.25, 0.3) is 0 Å². The van der Waals surface area contributed by atoms with Crippen molar-refractivity contribution < 1.29 is 5.11 Å². The van der Waals surface area contributed by atoms with Crippen LogP contribution in [0, 0.1) is 0 Å². The molecule has 1 aromatic rings. The predicted molar refractivity (Wildman–Crippen MR) is 61.0 cm³/mol. The van der Waals surface area contributed by atoms with Gasteiger partial charge in [-0.1, -0.05) is 0 Å². The second-order valence-corrected chi connectivity index (χ2v) is 4.54.